The minimum atomic E-state index is -3.90. The van der Waals surface area contributed by atoms with E-state index >= 15 is 0 Å². The highest BCUT2D eigenvalue weighted by molar-refractivity contribution is 8.06. The molecule has 0 aromatic carbocycles. The minimum Gasteiger partial charge on any atom is -0.387 e. The first-order valence-corrected chi connectivity index (χ1v) is 6.93. The highest BCUT2D eigenvalue weighted by atomic mass is 32.5. The summed E-state index contributed by atoms with van der Waals surface area (Å²) in [6, 6.07) is 0. The molecule has 1 heterocycles. The van der Waals surface area contributed by atoms with Crippen LogP contribution in [-0.4, -0.2) is 67.5 Å². The molecule has 0 radical (unpaired) electrons. The summed E-state index contributed by atoms with van der Waals surface area (Å²) in [5.74, 6) is 0. The topological polar surface area (TPSA) is 140 Å². The SMILES string of the molecule is O[C@@H]1[C@@H](O)[C@H](O)O[C@H](COP(O)(O)=S)[C@H]1O. The first-order chi connectivity index (χ1) is 7.22. The molecule has 10 heteroatoms. The summed E-state index contributed by atoms with van der Waals surface area (Å²) < 4.78 is 9.12. The maximum atomic E-state index is 9.41. The van der Waals surface area contributed by atoms with Crippen molar-refractivity contribution in [2.75, 3.05) is 6.61 Å². The summed E-state index contributed by atoms with van der Waals surface area (Å²) >= 11 is 4.16. The lowest BCUT2D eigenvalue weighted by molar-refractivity contribution is -0.285. The van der Waals surface area contributed by atoms with Crippen LogP contribution in [0.3, 0.4) is 0 Å². The van der Waals surface area contributed by atoms with Crippen LogP contribution in [0.4, 0.5) is 0 Å². The van der Waals surface area contributed by atoms with Gasteiger partial charge in [-0.15, -0.1) is 0 Å². The van der Waals surface area contributed by atoms with E-state index in [1.165, 1.54) is 0 Å². The van der Waals surface area contributed by atoms with Crippen LogP contribution in [0.1, 0.15) is 0 Å². The summed E-state index contributed by atoms with van der Waals surface area (Å²) in [6.07, 6.45) is -7.69. The van der Waals surface area contributed by atoms with Crippen molar-refractivity contribution in [1.29, 1.82) is 0 Å². The predicted molar refractivity (Wildman–Crippen MR) is 53.6 cm³/mol. The first kappa shape index (κ1) is 14.4. The molecule has 0 spiro atoms. The Morgan fingerprint density at radius 2 is 1.62 bits per heavy atom. The maximum absolute atomic E-state index is 9.41. The lowest BCUT2D eigenvalue weighted by Gasteiger charge is -2.38. The quantitative estimate of drug-likeness (QED) is 0.298. The lowest BCUT2D eigenvalue weighted by atomic mass is 10.00. The number of hydrogen-bond acceptors (Lipinski definition) is 7. The van der Waals surface area contributed by atoms with Gasteiger partial charge in [0.2, 0.25) is 0 Å². The van der Waals surface area contributed by atoms with Gasteiger partial charge >= 0.3 is 6.72 Å². The van der Waals surface area contributed by atoms with Gasteiger partial charge in [0, 0.05) is 0 Å². The van der Waals surface area contributed by atoms with E-state index in [0.29, 0.717) is 0 Å². The van der Waals surface area contributed by atoms with E-state index in [1.54, 1.807) is 0 Å². The van der Waals surface area contributed by atoms with Crippen molar-refractivity contribution < 1.29 is 39.5 Å². The van der Waals surface area contributed by atoms with E-state index in [1.807, 2.05) is 0 Å². The monoisotopic (exact) mass is 276 g/mol. The van der Waals surface area contributed by atoms with Crippen LogP contribution < -0.4 is 0 Å². The number of rotatable bonds is 3. The fourth-order valence-electron chi connectivity index (χ4n) is 1.24. The van der Waals surface area contributed by atoms with E-state index in [0.717, 1.165) is 0 Å². The molecule has 0 aromatic rings. The van der Waals surface area contributed by atoms with Gasteiger partial charge in [-0.25, -0.2) is 0 Å². The largest absolute Gasteiger partial charge is 0.387 e. The van der Waals surface area contributed by atoms with Gasteiger partial charge in [-0.1, -0.05) is 0 Å². The fraction of sp³-hybridized carbons (Fsp3) is 1.00. The van der Waals surface area contributed by atoms with Gasteiger partial charge < -0.3 is 39.5 Å². The average molecular weight is 276 g/mol. The Morgan fingerprint density at radius 3 is 2.12 bits per heavy atom. The van der Waals surface area contributed by atoms with Crippen molar-refractivity contribution >= 4 is 18.5 Å². The lowest BCUT2D eigenvalue weighted by Crippen LogP contribution is -2.58. The molecule has 96 valence electrons. The van der Waals surface area contributed by atoms with Crippen molar-refractivity contribution in [3.63, 3.8) is 0 Å². The number of hydrogen-bond donors (Lipinski definition) is 6. The van der Waals surface area contributed by atoms with Crippen LogP contribution >= 0.6 is 6.72 Å². The second-order valence-electron chi connectivity index (χ2n) is 3.32. The van der Waals surface area contributed by atoms with Gasteiger partial charge in [0.05, 0.1) is 6.61 Å². The van der Waals surface area contributed by atoms with Crippen LogP contribution in [-0.2, 0) is 21.1 Å². The Kier molecular flexibility index (Phi) is 4.78. The molecule has 1 aliphatic rings. The molecule has 0 aliphatic carbocycles. The molecule has 1 fully saturated rings. The molecule has 0 bridgehead atoms. The summed E-state index contributed by atoms with van der Waals surface area (Å²) in [4.78, 5) is 17.5. The highest BCUT2D eigenvalue weighted by Crippen LogP contribution is 2.37. The minimum absolute atomic E-state index is 0.522. The van der Waals surface area contributed by atoms with E-state index in [4.69, 9.17) is 24.7 Å². The van der Waals surface area contributed by atoms with Gasteiger partial charge in [-0.2, -0.15) is 0 Å². The molecule has 5 atom stereocenters. The second-order valence-corrected chi connectivity index (χ2v) is 5.99. The van der Waals surface area contributed by atoms with Gasteiger partial charge in [0.1, 0.15) is 24.4 Å². The molecular weight excluding hydrogens is 263 g/mol. The predicted octanol–water partition coefficient (Wildman–Crippen LogP) is -2.99. The summed E-state index contributed by atoms with van der Waals surface area (Å²) in [5, 5.41) is 36.9. The fourth-order valence-corrected chi connectivity index (χ4v) is 1.76. The van der Waals surface area contributed by atoms with Crippen LogP contribution in [0.5, 0.6) is 0 Å². The molecule has 1 rings (SSSR count). The molecule has 16 heavy (non-hydrogen) atoms. The molecule has 0 amide bonds. The van der Waals surface area contributed by atoms with Gasteiger partial charge in [0.25, 0.3) is 0 Å². The highest BCUT2D eigenvalue weighted by Gasteiger charge is 2.43. The van der Waals surface area contributed by atoms with Crippen LogP contribution in [0.2, 0.25) is 0 Å². The van der Waals surface area contributed by atoms with Gasteiger partial charge in [-0.05, 0) is 11.8 Å². The molecule has 0 aromatic heterocycles. The van der Waals surface area contributed by atoms with Crippen molar-refractivity contribution in [1.82, 2.24) is 0 Å². The van der Waals surface area contributed by atoms with Crippen molar-refractivity contribution in [2.45, 2.75) is 30.7 Å². The molecule has 1 saturated heterocycles. The molecule has 8 nitrogen and oxygen atoms in total. The van der Waals surface area contributed by atoms with Crippen LogP contribution in [0, 0.1) is 0 Å². The zero-order chi connectivity index (χ0) is 12.5. The van der Waals surface area contributed by atoms with Crippen LogP contribution in [0.15, 0.2) is 0 Å². The summed E-state index contributed by atoms with van der Waals surface area (Å²) in [7, 11) is 0. The smallest absolute Gasteiger partial charge is 0.321 e. The standard InChI is InChI=1S/C6H13O8PS/c7-3-2(1-13-15(11,12)16)14-6(10)5(9)4(3)8/h2-10H,1H2,(H2,11,12,16)/t2-,3-,4+,5-,6-/m1/s1. The Hall–Kier alpha value is 0.330. The van der Waals surface area contributed by atoms with Crippen molar-refractivity contribution in [3.8, 4) is 0 Å². The van der Waals surface area contributed by atoms with E-state index < -0.39 is 44.0 Å². The number of aliphatic hydroxyl groups is 4. The normalized spacial score (nSPS) is 41.0. The Labute approximate surface area is 95.9 Å². The Bertz CT molecular complexity index is 282. The molecule has 0 saturated carbocycles. The molecule has 6 N–H and O–H groups in total. The molecule has 0 unspecified atom stereocenters. The van der Waals surface area contributed by atoms with E-state index in [2.05, 4.69) is 16.3 Å². The third-order valence-corrected chi connectivity index (χ3v) is 2.90. The number of ether oxygens (including phenoxy) is 1. The summed E-state index contributed by atoms with van der Waals surface area (Å²) in [5.41, 5.74) is 0. The van der Waals surface area contributed by atoms with Gasteiger partial charge in [-0.3, -0.25) is 0 Å². The maximum Gasteiger partial charge on any atom is 0.321 e. The zero-order valence-corrected chi connectivity index (χ0v) is 9.66. The first-order valence-electron chi connectivity index (χ1n) is 4.30. The third kappa shape index (κ3) is 3.67. The van der Waals surface area contributed by atoms with Crippen LogP contribution in [0.25, 0.3) is 0 Å². The summed E-state index contributed by atoms with van der Waals surface area (Å²) in [6.45, 7) is -4.42. The Balaban J connectivity index is 2.57. The third-order valence-electron chi connectivity index (χ3n) is 2.09. The average Bonchev–Trinajstić information content (AvgIpc) is 2.17. The van der Waals surface area contributed by atoms with E-state index in [-0.39, 0.29) is 0 Å². The van der Waals surface area contributed by atoms with Crippen molar-refractivity contribution in [3.05, 3.63) is 0 Å². The number of aliphatic hydroxyl groups excluding tert-OH is 4. The van der Waals surface area contributed by atoms with E-state index in [9.17, 15) is 10.2 Å². The Morgan fingerprint density at radius 1 is 1.06 bits per heavy atom. The van der Waals surface area contributed by atoms with Gasteiger partial charge in [0.15, 0.2) is 6.29 Å². The second kappa shape index (κ2) is 5.32. The zero-order valence-electron chi connectivity index (χ0n) is 7.95. The van der Waals surface area contributed by atoms with Crippen molar-refractivity contribution in [2.24, 2.45) is 0 Å². The molecule has 1 aliphatic heterocycles. The molecular formula is C6H13O8PS.